The zero-order valence-electron chi connectivity index (χ0n) is 6.90. The number of aromatic hydroxyl groups is 1. The molecule has 0 amide bonds. The van der Waals surface area contributed by atoms with E-state index in [0.717, 1.165) is 12.1 Å². The van der Waals surface area contributed by atoms with Crippen molar-refractivity contribution in [3.63, 3.8) is 0 Å². The number of hydrogen-bond donors (Lipinski definition) is 2. The van der Waals surface area contributed by atoms with Crippen LogP contribution in [0.25, 0.3) is 6.08 Å². The number of phenolic OH excluding ortho intramolecular Hbond substituents is 1. The average Bonchev–Trinajstić information content (AvgIpc) is 2.02. The van der Waals surface area contributed by atoms with Crippen LogP contribution >= 0.6 is 0 Å². The molecule has 0 saturated carbocycles. The van der Waals surface area contributed by atoms with E-state index in [4.69, 9.17) is 10.2 Å². The Hall–Kier alpha value is -1.23. The number of hydrogen-bond acceptors (Lipinski definition) is 3. The van der Waals surface area contributed by atoms with E-state index in [1.54, 1.807) is 0 Å². The van der Waals surface area contributed by atoms with Gasteiger partial charge in [-0.05, 0) is 23.8 Å². The first-order valence-corrected chi connectivity index (χ1v) is 3.50. The van der Waals surface area contributed by atoms with Crippen LogP contribution in [0.3, 0.4) is 0 Å². The molecule has 5 heteroatoms. The number of aliphatic carboxylic acids is 1. The molecule has 0 aliphatic rings. The van der Waals surface area contributed by atoms with Gasteiger partial charge in [0.1, 0.15) is 5.75 Å². The Bertz CT molecular complexity index is 360. The third-order valence-corrected chi connectivity index (χ3v) is 1.40. The summed E-state index contributed by atoms with van der Waals surface area (Å²) in [7, 11) is 0. The van der Waals surface area contributed by atoms with Crippen molar-refractivity contribution >= 4 is 12.0 Å². The van der Waals surface area contributed by atoms with Crippen molar-refractivity contribution in [1.82, 2.24) is 0 Å². The van der Waals surface area contributed by atoms with E-state index < -0.39 is 11.7 Å². The molecule has 1 aromatic rings. The van der Waals surface area contributed by atoms with Crippen molar-refractivity contribution < 1.29 is 42.5 Å². The second kappa shape index (κ2) is 5.49. The summed E-state index contributed by atoms with van der Waals surface area (Å²) >= 11 is 0. The van der Waals surface area contributed by atoms with Crippen molar-refractivity contribution in [1.29, 1.82) is 0 Å². The topological polar surface area (TPSA) is 80.6 Å². The molecule has 1 aromatic carbocycles. The van der Waals surface area contributed by atoms with Gasteiger partial charge in [0.25, 0.3) is 0 Å². The fourth-order valence-electron chi connectivity index (χ4n) is 0.822. The van der Waals surface area contributed by atoms with E-state index in [9.17, 15) is 9.90 Å². The second-order valence-electron chi connectivity index (χ2n) is 2.39. The second-order valence-corrected chi connectivity index (χ2v) is 2.39. The number of carbonyl (C=O) groups is 1. The van der Waals surface area contributed by atoms with Gasteiger partial charge in [-0.2, -0.15) is 0 Å². The quantitative estimate of drug-likeness (QED) is 0.615. The van der Waals surface area contributed by atoms with E-state index in [1.165, 1.54) is 18.2 Å². The van der Waals surface area contributed by atoms with Crippen molar-refractivity contribution in [2.24, 2.45) is 0 Å². The maximum Gasteiger partial charge on any atom is 1.00 e. The summed E-state index contributed by atoms with van der Waals surface area (Å²) in [6.45, 7) is 0. The van der Waals surface area contributed by atoms with Gasteiger partial charge in [-0.15, -0.1) is 0 Å². The third-order valence-electron chi connectivity index (χ3n) is 1.40. The molecule has 0 spiro atoms. The Kier molecular flexibility index (Phi) is 5.01. The fraction of sp³-hybridized carbons (Fsp3) is 0. The molecule has 0 atom stereocenters. The van der Waals surface area contributed by atoms with Crippen LogP contribution in [0.4, 0.5) is 0 Å². The van der Waals surface area contributed by atoms with Crippen LogP contribution in [0.1, 0.15) is 5.56 Å². The first kappa shape index (κ1) is 12.8. The van der Waals surface area contributed by atoms with Crippen LogP contribution in [-0.4, -0.2) is 16.2 Å². The van der Waals surface area contributed by atoms with Gasteiger partial charge in [0.2, 0.25) is 0 Å². The Labute approximate surface area is 96.0 Å². The van der Waals surface area contributed by atoms with Crippen LogP contribution in [0.2, 0.25) is 0 Å². The predicted molar refractivity (Wildman–Crippen MR) is 44.2 cm³/mol. The standard InChI is InChI=1S/C9H8O4.Ag/c10-7-3-1-6(8(11)5-7)2-4-9(12)13;/h1-5,10-11H,(H,12,13);/q;+1/p-1/b4-2+;. The van der Waals surface area contributed by atoms with E-state index in [2.05, 4.69) is 0 Å². The van der Waals surface area contributed by atoms with Crippen molar-refractivity contribution in [3.8, 4) is 11.5 Å². The molecule has 0 unspecified atom stereocenters. The maximum atomic E-state index is 11.0. The third kappa shape index (κ3) is 3.66. The van der Waals surface area contributed by atoms with Crippen LogP contribution < -0.4 is 5.11 Å². The van der Waals surface area contributed by atoms with E-state index in [1.807, 2.05) is 0 Å². The molecule has 4 nitrogen and oxygen atoms in total. The molecule has 0 aliphatic carbocycles. The molecule has 0 bridgehead atoms. The number of phenols is 1. The first-order valence-electron chi connectivity index (χ1n) is 3.50. The largest absolute Gasteiger partial charge is 1.00 e. The molecule has 1 rings (SSSR count). The van der Waals surface area contributed by atoms with Crippen LogP contribution in [-0.2, 0) is 27.2 Å². The van der Waals surface area contributed by atoms with Gasteiger partial charge >= 0.3 is 28.3 Å². The minimum Gasteiger partial charge on any atom is -0.872 e. The van der Waals surface area contributed by atoms with Gasteiger partial charge in [-0.25, -0.2) is 4.79 Å². The molecule has 14 heavy (non-hydrogen) atoms. The summed E-state index contributed by atoms with van der Waals surface area (Å²) in [6.07, 6.45) is 2.05. The van der Waals surface area contributed by atoms with Gasteiger partial charge in [0.05, 0.1) is 0 Å². The van der Waals surface area contributed by atoms with Gasteiger partial charge in [-0.3, -0.25) is 0 Å². The Morgan fingerprint density at radius 2 is 2.07 bits per heavy atom. The normalized spacial score (nSPS) is 9.71. The van der Waals surface area contributed by atoms with Crippen LogP contribution in [0.15, 0.2) is 24.3 Å². The summed E-state index contributed by atoms with van der Waals surface area (Å²) in [4.78, 5) is 10.1. The summed E-state index contributed by atoms with van der Waals surface area (Å²) in [5.41, 5.74) is 0.236. The van der Waals surface area contributed by atoms with Gasteiger partial charge in [-0.1, -0.05) is 11.8 Å². The van der Waals surface area contributed by atoms with Gasteiger partial charge in [0, 0.05) is 6.08 Å². The van der Waals surface area contributed by atoms with E-state index >= 15 is 0 Å². The zero-order chi connectivity index (χ0) is 9.84. The molecule has 0 fully saturated rings. The van der Waals surface area contributed by atoms with Crippen molar-refractivity contribution in [3.05, 3.63) is 29.8 Å². The molecule has 0 saturated heterocycles. The van der Waals surface area contributed by atoms with Crippen LogP contribution in [0, 0.1) is 0 Å². The molecule has 2 N–H and O–H groups in total. The zero-order valence-corrected chi connectivity index (χ0v) is 8.38. The van der Waals surface area contributed by atoms with E-state index in [-0.39, 0.29) is 33.7 Å². The molecule has 0 aromatic heterocycles. The van der Waals surface area contributed by atoms with Crippen molar-refractivity contribution in [2.75, 3.05) is 0 Å². The Morgan fingerprint density at radius 3 is 2.57 bits per heavy atom. The number of rotatable bonds is 2. The van der Waals surface area contributed by atoms with Crippen LogP contribution in [0.5, 0.6) is 11.5 Å². The minimum absolute atomic E-state index is 0. The summed E-state index contributed by atoms with van der Waals surface area (Å²) in [6, 6.07) is 3.71. The first-order chi connectivity index (χ1) is 6.09. The molecular weight excluding hydrogens is 280 g/mol. The Balaban J connectivity index is 0.00000169. The maximum absolute atomic E-state index is 11.0. The SMILES string of the molecule is O=C(O)/C=C/c1ccc(O)cc1[O-].[Ag+]. The summed E-state index contributed by atoms with van der Waals surface area (Å²) in [5.74, 6) is -1.65. The monoisotopic (exact) mass is 286 g/mol. The Morgan fingerprint density at radius 1 is 1.43 bits per heavy atom. The molecule has 0 radical (unpaired) electrons. The number of carboxylic acids is 1. The molecule has 0 heterocycles. The minimum atomic E-state index is -1.12. The molecular formula is C9H7AgO4. The van der Waals surface area contributed by atoms with E-state index in [0.29, 0.717) is 0 Å². The van der Waals surface area contributed by atoms with Gasteiger partial charge in [0.15, 0.2) is 0 Å². The predicted octanol–water partition coefficient (Wildman–Crippen LogP) is 0.561. The van der Waals surface area contributed by atoms with Gasteiger partial charge < -0.3 is 15.3 Å². The van der Waals surface area contributed by atoms with Crippen molar-refractivity contribution in [2.45, 2.75) is 0 Å². The molecule has 78 valence electrons. The fourth-order valence-corrected chi connectivity index (χ4v) is 0.822. The number of carboxylic acid groups (broad SMARTS) is 1. The summed E-state index contributed by atoms with van der Waals surface area (Å²) in [5, 5.41) is 28.2. The number of benzene rings is 1. The average molecular weight is 287 g/mol. The summed E-state index contributed by atoms with van der Waals surface area (Å²) < 4.78 is 0. The molecule has 0 aliphatic heterocycles. The smallest absolute Gasteiger partial charge is 0.872 e.